The van der Waals surface area contributed by atoms with Gasteiger partial charge >= 0.3 is 5.97 Å². The third kappa shape index (κ3) is 7.54. The maximum absolute atomic E-state index is 14.2. The highest BCUT2D eigenvalue weighted by Crippen LogP contribution is 2.39. The van der Waals surface area contributed by atoms with Gasteiger partial charge in [0, 0.05) is 63.5 Å². The van der Waals surface area contributed by atoms with Crippen molar-refractivity contribution in [1.82, 2.24) is 14.8 Å². The Morgan fingerprint density at radius 3 is 2.48 bits per heavy atom. The van der Waals surface area contributed by atoms with Gasteiger partial charge in [-0.3, -0.25) is 0 Å². The molecular formula is C38H50N8O4. The molecule has 0 radical (unpaired) electrons. The molecule has 1 aromatic heterocycles. The van der Waals surface area contributed by atoms with E-state index in [9.17, 15) is 9.90 Å². The molecule has 1 fully saturated rings. The van der Waals surface area contributed by atoms with Gasteiger partial charge in [-0.15, -0.1) is 5.10 Å². The van der Waals surface area contributed by atoms with Crippen molar-refractivity contribution in [2.24, 2.45) is 22.7 Å². The van der Waals surface area contributed by atoms with Crippen LogP contribution in [0.5, 0.6) is 0 Å². The van der Waals surface area contributed by atoms with Crippen molar-refractivity contribution in [3.63, 3.8) is 0 Å². The Bertz CT molecular complexity index is 1790. The van der Waals surface area contributed by atoms with Crippen LogP contribution in [0.4, 0.5) is 22.7 Å². The van der Waals surface area contributed by atoms with E-state index in [2.05, 4.69) is 35.8 Å². The van der Waals surface area contributed by atoms with Gasteiger partial charge in [0.15, 0.2) is 17.5 Å². The Balaban J connectivity index is 1.65. The Labute approximate surface area is 295 Å². The number of ether oxygens (including phenoxy) is 2. The number of aliphatic hydroxyl groups is 1. The maximum Gasteiger partial charge on any atom is 0.331 e. The Morgan fingerprint density at radius 2 is 1.86 bits per heavy atom. The number of likely N-dealkylation sites (N-methyl/N-ethyl adjacent to an activating group) is 1. The van der Waals surface area contributed by atoms with Crippen molar-refractivity contribution < 1.29 is 19.4 Å². The summed E-state index contributed by atoms with van der Waals surface area (Å²) in [6.45, 7) is 21.1. The van der Waals surface area contributed by atoms with Gasteiger partial charge in [-0.25, -0.2) is 24.3 Å². The molecule has 2 aromatic carbocycles. The van der Waals surface area contributed by atoms with Crippen LogP contribution >= 0.6 is 0 Å². The summed E-state index contributed by atoms with van der Waals surface area (Å²) in [6, 6.07) is 11.8. The van der Waals surface area contributed by atoms with Gasteiger partial charge in [0.1, 0.15) is 11.7 Å². The van der Waals surface area contributed by atoms with Crippen molar-refractivity contribution in [2.75, 3.05) is 69.2 Å². The average molecular weight is 683 g/mol. The molecule has 5 rings (SSSR count). The van der Waals surface area contributed by atoms with Crippen LogP contribution < -0.4 is 15.1 Å². The van der Waals surface area contributed by atoms with Crippen molar-refractivity contribution in [1.29, 1.82) is 0 Å². The first-order valence-electron chi connectivity index (χ1n) is 17.4. The van der Waals surface area contributed by atoms with Crippen molar-refractivity contribution in [2.45, 2.75) is 53.6 Å². The van der Waals surface area contributed by atoms with Crippen LogP contribution in [-0.2, 0) is 14.3 Å². The minimum absolute atomic E-state index is 0.0465. The highest BCUT2D eigenvalue weighted by molar-refractivity contribution is 6.29. The molecule has 0 saturated heterocycles. The normalized spacial score (nSPS) is 20.8. The first-order chi connectivity index (χ1) is 24.0. The number of hydrogen-bond donors (Lipinski definition) is 2. The van der Waals surface area contributed by atoms with Crippen LogP contribution in [0.2, 0.25) is 0 Å². The van der Waals surface area contributed by atoms with Crippen molar-refractivity contribution >= 4 is 40.1 Å². The second kappa shape index (κ2) is 15.9. The maximum atomic E-state index is 14.2. The number of methoxy groups -OCH3 is 1. The minimum atomic E-state index is -0.588. The third-order valence-electron chi connectivity index (χ3n) is 9.61. The Kier molecular flexibility index (Phi) is 11.6. The fourth-order valence-corrected chi connectivity index (χ4v) is 7.16. The molecule has 2 atom stereocenters. The molecule has 1 aliphatic carbocycles. The molecule has 1 saturated carbocycles. The van der Waals surface area contributed by atoms with E-state index in [0.29, 0.717) is 37.1 Å². The number of fused-ring (bicyclic) bond motifs is 1. The van der Waals surface area contributed by atoms with E-state index >= 15 is 0 Å². The Hall–Kier alpha value is -4.73. The highest BCUT2D eigenvalue weighted by atomic mass is 16.5. The Morgan fingerprint density at radius 1 is 1.14 bits per heavy atom. The van der Waals surface area contributed by atoms with Gasteiger partial charge in [-0.05, 0) is 86.4 Å². The van der Waals surface area contributed by atoms with Gasteiger partial charge in [0.05, 0.1) is 25.5 Å². The van der Waals surface area contributed by atoms with Crippen LogP contribution in [0.3, 0.4) is 0 Å². The fraction of sp³-hybridized carbons (Fsp3) is 0.500. The quantitative estimate of drug-likeness (QED) is 0.126. The van der Waals surface area contributed by atoms with E-state index in [0.717, 1.165) is 47.6 Å². The number of esters is 1. The number of anilines is 3. The lowest BCUT2D eigenvalue weighted by Gasteiger charge is -2.37. The van der Waals surface area contributed by atoms with Crippen molar-refractivity contribution in [3.05, 3.63) is 64.9 Å². The lowest BCUT2D eigenvalue weighted by Crippen LogP contribution is -2.37. The van der Waals surface area contributed by atoms with Gasteiger partial charge in [0.2, 0.25) is 5.70 Å². The summed E-state index contributed by atoms with van der Waals surface area (Å²) >= 11 is 0. The summed E-state index contributed by atoms with van der Waals surface area (Å²) < 4.78 is 13.0. The molecule has 3 aromatic rings. The van der Waals surface area contributed by atoms with Crippen LogP contribution in [0.1, 0.15) is 51.9 Å². The number of allylic oxidation sites excluding steroid dienone is 1. The molecule has 2 aliphatic rings. The number of aromatic nitrogens is 3. The van der Waals surface area contributed by atoms with Gasteiger partial charge in [-0.2, -0.15) is 0 Å². The first kappa shape index (κ1) is 36.5. The number of carbonyl (C=O) groups excluding carboxylic acids is 1. The number of nitrogens with zero attached hydrogens (tertiary/aromatic N) is 7. The number of aliphatic hydroxyl groups excluding tert-OH is 1. The van der Waals surface area contributed by atoms with Crippen LogP contribution in [-0.4, -0.2) is 91.8 Å². The standard InChI is InChI=1S/C38H50N8O4/c1-10-45(16-17-47)28-12-13-30(24(3)21-28)41-37-33(39-6)32(38(48)50-34-25(4)19-23(2)20-26(34)5)36-42-35(43-46(36)37)29-22-27(44(7)8)11-14-31(29)40-15-18-49-9/h11-14,21-23,25-26,34,40,47H,10,15-20H2,1-5,7-9H3. The molecule has 0 amide bonds. The summed E-state index contributed by atoms with van der Waals surface area (Å²) in [5.41, 5.74) is 5.08. The summed E-state index contributed by atoms with van der Waals surface area (Å²) in [6.07, 6.45) is 1.65. The molecule has 2 unspecified atom stereocenters. The van der Waals surface area contributed by atoms with Crippen LogP contribution in [0.15, 0.2) is 47.1 Å². The molecule has 2 N–H and O–H groups in total. The second-order valence-corrected chi connectivity index (χ2v) is 13.7. The first-order valence-corrected chi connectivity index (χ1v) is 17.4. The topological polar surface area (TPSA) is 122 Å². The summed E-state index contributed by atoms with van der Waals surface area (Å²) in [5.74, 6) is 1.16. The number of aryl methyl sites for hydroxylation is 1. The number of benzene rings is 2. The largest absolute Gasteiger partial charge is 0.459 e. The summed E-state index contributed by atoms with van der Waals surface area (Å²) in [7, 11) is 5.58. The van der Waals surface area contributed by atoms with Gasteiger partial charge in [0.25, 0.3) is 0 Å². The van der Waals surface area contributed by atoms with E-state index in [4.69, 9.17) is 31.1 Å². The van der Waals surface area contributed by atoms with Crippen LogP contribution in [0.25, 0.3) is 21.8 Å². The van der Waals surface area contributed by atoms with E-state index in [-0.39, 0.29) is 47.5 Å². The molecular weight excluding hydrogens is 632 g/mol. The number of carbonyl (C=O) groups is 1. The third-order valence-corrected chi connectivity index (χ3v) is 9.61. The predicted molar refractivity (Wildman–Crippen MR) is 199 cm³/mol. The zero-order chi connectivity index (χ0) is 36.1. The molecule has 12 nitrogen and oxygen atoms in total. The molecule has 50 heavy (non-hydrogen) atoms. The molecule has 1 aliphatic heterocycles. The summed E-state index contributed by atoms with van der Waals surface area (Å²) in [5, 5.41) is 17.9. The smallest absolute Gasteiger partial charge is 0.331 e. The number of rotatable bonds is 13. The monoisotopic (exact) mass is 682 g/mol. The molecule has 0 bridgehead atoms. The molecule has 12 heteroatoms. The van der Waals surface area contributed by atoms with E-state index in [1.807, 2.05) is 69.2 Å². The lowest BCUT2D eigenvalue weighted by molar-refractivity contribution is -0.150. The van der Waals surface area contributed by atoms with Gasteiger partial charge < -0.3 is 29.7 Å². The van der Waals surface area contributed by atoms with Crippen LogP contribution in [0, 0.1) is 31.2 Å². The predicted octanol–water partition coefficient (Wildman–Crippen LogP) is 6.03. The highest BCUT2D eigenvalue weighted by Gasteiger charge is 2.41. The molecule has 266 valence electrons. The number of hydrogen-bond acceptors (Lipinski definition) is 10. The minimum Gasteiger partial charge on any atom is -0.459 e. The molecule has 0 spiro atoms. The van der Waals surface area contributed by atoms with Crippen molar-refractivity contribution in [3.8, 4) is 11.4 Å². The number of nitrogens with one attached hydrogen (secondary N) is 1. The zero-order valence-electron chi connectivity index (χ0n) is 30.5. The van der Waals surface area contributed by atoms with E-state index < -0.39 is 5.97 Å². The number of aliphatic imine (C=N–C) groups is 1. The fourth-order valence-electron chi connectivity index (χ4n) is 7.16. The average Bonchev–Trinajstić information content (AvgIpc) is 3.63. The lowest BCUT2D eigenvalue weighted by atomic mass is 9.75. The second-order valence-electron chi connectivity index (χ2n) is 13.7. The zero-order valence-corrected chi connectivity index (χ0v) is 30.5. The SMILES string of the molecule is [C-]#[N+]C1=C(C(=O)OC2C(C)CC(C)CC2C)c2nc(-c3cc(N(C)C)ccc3NCCOC)nn2C1=Nc1ccc(N(CC)CCO)cc1C. The summed E-state index contributed by atoms with van der Waals surface area (Å²) in [4.78, 5) is 32.0. The van der Waals surface area contributed by atoms with E-state index in [1.54, 1.807) is 7.11 Å². The molecule has 2 heterocycles. The van der Waals surface area contributed by atoms with E-state index in [1.165, 1.54) is 4.68 Å². The van der Waals surface area contributed by atoms with Gasteiger partial charge in [-0.1, -0.05) is 20.8 Å².